The van der Waals surface area contributed by atoms with Gasteiger partial charge in [0.1, 0.15) is 0 Å². The Balaban J connectivity index is 2.87. The van der Waals surface area contributed by atoms with Crippen LogP contribution in [-0.2, 0) is 21.1 Å². The Bertz CT molecular complexity index is 452. The Morgan fingerprint density at radius 1 is 1.33 bits per heavy atom. The topological polar surface area (TPSA) is 86.3 Å². The summed E-state index contributed by atoms with van der Waals surface area (Å²) < 4.78 is 45.3. The molecule has 7 heteroatoms. The maximum absolute atomic E-state index is 11.5. The Morgan fingerprint density at radius 3 is 2.33 bits per heavy atom. The molecule has 0 amide bonds. The SMILES string of the molecule is Cc1ccc(S(=O)(=O)NCS(=O)[O-])cc1. The molecule has 1 unspecified atom stereocenters. The molecule has 0 aromatic heterocycles. The van der Waals surface area contributed by atoms with Gasteiger partial charge in [0.25, 0.3) is 0 Å². The molecule has 15 heavy (non-hydrogen) atoms. The lowest BCUT2D eigenvalue weighted by molar-refractivity contribution is 0.532. The highest BCUT2D eigenvalue weighted by Crippen LogP contribution is 2.09. The standard InChI is InChI=1S/C8H11NO4S2/c1-7-2-4-8(5-3-7)15(12,13)9-6-14(10)11/h2-5,9H,6H2,1H3,(H,10,11)/p-1. The lowest BCUT2D eigenvalue weighted by atomic mass is 10.2. The number of aryl methyl sites for hydroxylation is 1. The van der Waals surface area contributed by atoms with E-state index in [4.69, 9.17) is 0 Å². The molecule has 5 nitrogen and oxygen atoms in total. The van der Waals surface area contributed by atoms with Crippen LogP contribution in [0.4, 0.5) is 0 Å². The minimum absolute atomic E-state index is 0.0542. The van der Waals surface area contributed by atoms with Crippen LogP contribution in [0.15, 0.2) is 29.2 Å². The molecule has 0 saturated heterocycles. The van der Waals surface area contributed by atoms with Crippen LogP contribution in [0.3, 0.4) is 0 Å². The van der Waals surface area contributed by atoms with Crippen molar-refractivity contribution < 1.29 is 17.2 Å². The molecule has 0 saturated carbocycles. The maximum atomic E-state index is 11.5. The van der Waals surface area contributed by atoms with Crippen LogP contribution in [0.1, 0.15) is 5.56 Å². The number of nitrogens with one attached hydrogen (secondary N) is 1. The first-order chi connectivity index (χ1) is 6.92. The first-order valence-corrected chi connectivity index (χ1v) is 6.77. The Morgan fingerprint density at radius 2 is 1.87 bits per heavy atom. The van der Waals surface area contributed by atoms with Gasteiger partial charge in [0.15, 0.2) is 0 Å². The number of rotatable bonds is 4. The van der Waals surface area contributed by atoms with Crippen LogP contribution >= 0.6 is 0 Å². The first kappa shape index (κ1) is 12.3. The van der Waals surface area contributed by atoms with Gasteiger partial charge in [0.2, 0.25) is 10.0 Å². The van der Waals surface area contributed by atoms with Gasteiger partial charge in [-0.3, -0.25) is 4.21 Å². The third-order valence-electron chi connectivity index (χ3n) is 1.70. The minimum atomic E-state index is -3.72. The van der Waals surface area contributed by atoms with Gasteiger partial charge in [-0.05, 0) is 30.1 Å². The molecule has 0 bridgehead atoms. The third-order valence-corrected chi connectivity index (χ3v) is 3.68. The zero-order valence-corrected chi connectivity index (χ0v) is 9.60. The second kappa shape index (κ2) is 4.84. The van der Waals surface area contributed by atoms with E-state index in [-0.39, 0.29) is 4.90 Å². The second-order valence-electron chi connectivity index (χ2n) is 2.91. The fraction of sp³-hybridized carbons (Fsp3) is 0.250. The summed E-state index contributed by atoms with van der Waals surface area (Å²) in [5.41, 5.74) is 0.932. The zero-order chi connectivity index (χ0) is 11.5. The van der Waals surface area contributed by atoms with Crippen molar-refractivity contribution in [2.75, 3.05) is 5.88 Å². The highest BCUT2D eigenvalue weighted by atomic mass is 32.2. The van der Waals surface area contributed by atoms with Crippen LogP contribution in [-0.4, -0.2) is 23.1 Å². The molecular weight excluding hydrogens is 238 g/mol. The van der Waals surface area contributed by atoms with Crippen molar-refractivity contribution in [3.63, 3.8) is 0 Å². The predicted molar refractivity (Wildman–Crippen MR) is 55.3 cm³/mol. The van der Waals surface area contributed by atoms with Gasteiger partial charge in [-0.2, -0.15) is 4.72 Å². The number of sulfonamides is 1. The molecule has 0 spiro atoms. The van der Waals surface area contributed by atoms with Gasteiger partial charge >= 0.3 is 0 Å². The fourth-order valence-corrected chi connectivity index (χ4v) is 2.59. The van der Waals surface area contributed by atoms with Crippen molar-refractivity contribution in [2.24, 2.45) is 0 Å². The van der Waals surface area contributed by atoms with Gasteiger partial charge in [0.05, 0.1) is 10.8 Å². The summed E-state index contributed by atoms with van der Waals surface area (Å²) in [7, 11) is -3.72. The first-order valence-electron chi connectivity index (χ1n) is 4.04. The number of hydrogen-bond donors (Lipinski definition) is 1. The molecular formula is C8H10NO4S2-. The van der Waals surface area contributed by atoms with Crippen LogP contribution in [0.5, 0.6) is 0 Å². The molecule has 0 radical (unpaired) electrons. The smallest absolute Gasteiger partial charge is 0.241 e. The number of benzene rings is 1. The van der Waals surface area contributed by atoms with Gasteiger partial charge in [-0.1, -0.05) is 17.7 Å². The molecule has 1 aromatic rings. The largest absolute Gasteiger partial charge is 0.771 e. The molecule has 1 aromatic carbocycles. The molecule has 0 fully saturated rings. The average Bonchev–Trinajstić information content (AvgIpc) is 2.16. The summed E-state index contributed by atoms with van der Waals surface area (Å²) >= 11 is -2.43. The second-order valence-corrected chi connectivity index (χ2v) is 5.57. The Labute approximate surface area is 90.8 Å². The van der Waals surface area contributed by atoms with Crippen LogP contribution in [0.2, 0.25) is 0 Å². The van der Waals surface area contributed by atoms with Crippen LogP contribution < -0.4 is 4.72 Å². The molecule has 1 rings (SSSR count). The van der Waals surface area contributed by atoms with Crippen molar-refractivity contribution in [3.8, 4) is 0 Å². The van der Waals surface area contributed by atoms with Crippen molar-refractivity contribution in [2.45, 2.75) is 11.8 Å². The Kier molecular flexibility index (Phi) is 3.97. The van der Waals surface area contributed by atoms with Gasteiger partial charge in [-0.15, -0.1) is 0 Å². The molecule has 1 N–H and O–H groups in total. The number of hydrogen-bond acceptors (Lipinski definition) is 4. The van der Waals surface area contributed by atoms with Crippen molar-refractivity contribution in [1.29, 1.82) is 0 Å². The van der Waals surface area contributed by atoms with Gasteiger partial charge < -0.3 is 4.55 Å². The molecule has 0 aliphatic carbocycles. The lowest BCUT2D eigenvalue weighted by Gasteiger charge is -2.08. The third kappa shape index (κ3) is 3.71. The summed E-state index contributed by atoms with van der Waals surface area (Å²) in [4.78, 5) is 0.0542. The maximum Gasteiger partial charge on any atom is 0.241 e. The monoisotopic (exact) mass is 248 g/mol. The van der Waals surface area contributed by atoms with E-state index in [1.807, 2.05) is 11.6 Å². The molecule has 0 heterocycles. The summed E-state index contributed by atoms with van der Waals surface area (Å²) in [6.45, 7) is 1.83. The fourth-order valence-electron chi connectivity index (χ4n) is 0.926. The van der Waals surface area contributed by atoms with E-state index in [1.54, 1.807) is 12.1 Å². The summed E-state index contributed by atoms with van der Waals surface area (Å²) in [6.07, 6.45) is 0. The van der Waals surface area contributed by atoms with Gasteiger partial charge in [-0.25, -0.2) is 8.42 Å². The molecule has 0 aliphatic rings. The van der Waals surface area contributed by atoms with Crippen LogP contribution in [0, 0.1) is 6.92 Å². The molecule has 0 aliphatic heterocycles. The van der Waals surface area contributed by atoms with E-state index in [2.05, 4.69) is 0 Å². The summed E-state index contributed by atoms with van der Waals surface area (Å²) in [5, 5.41) is 0. The quantitative estimate of drug-likeness (QED) is 0.766. The van der Waals surface area contributed by atoms with E-state index < -0.39 is 27.0 Å². The van der Waals surface area contributed by atoms with Crippen LogP contribution in [0.25, 0.3) is 0 Å². The highest BCUT2D eigenvalue weighted by Gasteiger charge is 2.12. The van der Waals surface area contributed by atoms with E-state index in [0.717, 1.165) is 5.56 Å². The predicted octanol–water partition coefficient (Wildman–Crippen LogP) is 0.110. The Hall–Kier alpha value is -0.760. The minimum Gasteiger partial charge on any atom is -0.771 e. The molecule has 84 valence electrons. The molecule has 1 atom stereocenters. The highest BCUT2D eigenvalue weighted by molar-refractivity contribution is 7.90. The summed E-state index contributed by atoms with van der Waals surface area (Å²) in [5.74, 6) is -0.615. The van der Waals surface area contributed by atoms with Crippen molar-refractivity contribution in [1.82, 2.24) is 4.72 Å². The van der Waals surface area contributed by atoms with E-state index in [9.17, 15) is 17.2 Å². The van der Waals surface area contributed by atoms with Crippen molar-refractivity contribution in [3.05, 3.63) is 29.8 Å². The van der Waals surface area contributed by atoms with E-state index >= 15 is 0 Å². The van der Waals surface area contributed by atoms with Gasteiger partial charge in [0, 0.05) is 0 Å². The average molecular weight is 248 g/mol. The normalized spacial score (nSPS) is 13.7. The van der Waals surface area contributed by atoms with E-state index in [0.29, 0.717) is 0 Å². The lowest BCUT2D eigenvalue weighted by Crippen LogP contribution is -2.27. The summed E-state index contributed by atoms with van der Waals surface area (Å²) in [6, 6.07) is 6.13. The van der Waals surface area contributed by atoms with E-state index in [1.165, 1.54) is 12.1 Å². The zero-order valence-electron chi connectivity index (χ0n) is 7.97. The van der Waals surface area contributed by atoms with Crippen molar-refractivity contribution >= 4 is 21.1 Å².